The van der Waals surface area contributed by atoms with Crippen LogP contribution >= 0.6 is 0 Å². The maximum absolute atomic E-state index is 11.9. The van der Waals surface area contributed by atoms with Gasteiger partial charge in [-0.1, -0.05) is 140 Å². The Balaban J connectivity index is 1.40. The molecule has 8 rings (SSSR count). The average molecular weight is 623 g/mol. The molecule has 0 fully saturated rings. The minimum atomic E-state index is -2.73. The van der Waals surface area contributed by atoms with E-state index in [2.05, 4.69) is 156 Å². The first-order chi connectivity index (χ1) is 23.2. The molecular formula is C42H30N2O2Si. The van der Waals surface area contributed by atoms with Crippen LogP contribution < -0.4 is 20.7 Å². The van der Waals surface area contributed by atoms with Crippen LogP contribution in [0.5, 0.6) is 0 Å². The summed E-state index contributed by atoms with van der Waals surface area (Å²) in [5.41, 5.74) is 4.76. The monoisotopic (exact) mass is 622 g/mol. The minimum absolute atomic E-state index is 0.104. The van der Waals surface area contributed by atoms with Crippen LogP contribution in [0.1, 0.15) is 0 Å². The number of para-hydroxylation sites is 2. The molecule has 0 aliphatic heterocycles. The Bertz CT molecular complexity index is 2290. The third kappa shape index (κ3) is 4.68. The first kappa shape index (κ1) is 28.4. The second-order valence-corrected chi connectivity index (χ2v) is 15.6. The number of nitro benzene ring substituents is 1. The van der Waals surface area contributed by atoms with Gasteiger partial charge in [0.25, 0.3) is 5.69 Å². The molecule has 7 aromatic carbocycles. The van der Waals surface area contributed by atoms with Crippen LogP contribution in [0.15, 0.2) is 182 Å². The second-order valence-electron chi connectivity index (χ2n) is 11.8. The second kappa shape index (κ2) is 11.7. The summed E-state index contributed by atoms with van der Waals surface area (Å²) in [5.74, 6) is 0. The summed E-state index contributed by atoms with van der Waals surface area (Å²) < 4.78 is 2.33. The predicted molar refractivity (Wildman–Crippen MR) is 196 cm³/mol. The molecule has 0 unspecified atom stereocenters. The highest BCUT2D eigenvalue weighted by Crippen LogP contribution is 2.37. The maximum Gasteiger partial charge on any atom is 0.277 e. The molecule has 47 heavy (non-hydrogen) atoms. The molecule has 0 radical (unpaired) electrons. The third-order valence-corrected chi connectivity index (χ3v) is 14.0. The molecule has 0 saturated heterocycles. The van der Waals surface area contributed by atoms with Crippen molar-refractivity contribution in [3.63, 3.8) is 0 Å². The Hall–Kier alpha value is -6.04. The summed E-state index contributed by atoms with van der Waals surface area (Å²) in [6.07, 6.45) is 0. The minimum Gasteiger partial charge on any atom is -0.309 e. The van der Waals surface area contributed by atoms with Crippen molar-refractivity contribution in [3.8, 4) is 16.8 Å². The fourth-order valence-corrected chi connectivity index (χ4v) is 12.0. The number of benzene rings is 7. The highest BCUT2D eigenvalue weighted by atomic mass is 28.3. The van der Waals surface area contributed by atoms with E-state index in [1.54, 1.807) is 12.1 Å². The van der Waals surface area contributed by atoms with E-state index >= 15 is 0 Å². The van der Waals surface area contributed by atoms with Gasteiger partial charge in [0.2, 0.25) is 0 Å². The molecule has 1 aromatic heterocycles. The first-order valence-corrected chi connectivity index (χ1v) is 17.7. The average Bonchev–Trinajstić information content (AvgIpc) is 3.47. The lowest BCUT2D eigenvalue weighted by Gasteiger charge is -2.34. The normalized spacial score (nSPS) is 11.6. The van der Waals surface area contributed by atoms with Crippen LogP contribution in [-0.2, 0) is 0 Å². The number of nitro groups is 1. The summed E-state index contributed by atoms with van der Waals surface area (Å²) >= 11 is 0. The van der Waals surface area contributed by atoms with E-state index in [9.17, 15) is 10.1 Å². The number of hydrogen-bond donors (Lipinski definition) is 0. The van der Waals surface area contributed by atoms with Crippen LogP contribution in [0, 0.1) is 10.1 Å². The van der Waals surface area contributed by atoms with Gasteiger partial charge < -0.3 is 4.57 Å². The molecule has 224 valence electrons. The SMILES string of the molecule is O=[N+]([O-])c1ccccc1-c1ccc2c(c1)c1ccccc1n2-c1cccc([Si](c2ccccc2)(c2ccccc2)c2ccccc2)c1. The summed E-state index contributed by atoms with van der Waals surface area (Å²) in [6, 6.07) is 63.4. The van der Waals surface area contributed by atoms with E-state index in [-0.39, 0.29) is 10.6 Å². The van der Waals surface area contributed by atoms with E-state index in [0.29, 0.717) is 5.56 Å². The summed E-state index contributed by atoms with van der Waals surface area (Å²) in [5, 5.41) is 19.3. The summed E-state index contributed by atoms with van der Waals surface area (Å²) in [6.45, 7) is 0. The summed E-state index contributed by atoms with van der Waals surface area (Å²) in [4.78, 5) is 11.6. The lowest BCUT2D eigenvalue weighted by Crippen LogP contribution is -2.74. The molecule has 8 aromatic rings. The van der Waals surface area contributed by atoms with Gasteiger partial charge in [-0.2, -0.15) is 0 Å². The maximum atomic E-state index is 11.9. The van der Waals surface area contributed by atoms with Gasteiger partial charge in [-0.3, -0.25) is 10.1 Å². The number of aromatic nitrogens is 1. The Morgan fingerprint density at radius 3 is 1.64 bits per heavy atom. The van der Waals surface area contributed by atoms with Crippen molar-refractivity contribution in [1.82, 2.24) is 4.57 Å². The zero-order valence-electron chi connectivity index (χ0n) is 25.5. The van der Waals surface area contributed by atoms with Crippen molar-refractivity contribution >= 4 is 56.3 Å². The van der Waals surface area contributed by atoms with Crippen LogP contribution in [0.3, 0.4) is 0 Å². The highest BCUT2D eigenvalue weighted by Gasteiger charge is 2.41. The van der Waals surface area contributed by atoms with E-state index in [1.165, 1.54) is 20.7 Å². The van der Waals surface area contributed by atoms with Gasteiger partial charge in [0, 0.05) is 22.5 Å². The molecule has 0 atom stereocenters. The fraction of sp³-hybridized carbons (Fsp3) is 0. The van der Waals surface area contributed by atoms with Crippen molar-refractivity contribution in [2.24, 2.45) is 0 Å². The molecule has 5 heteroatoms. The lowest BCUT2D eigenvalue weighted by atomic mass is 10.0. The van der Waals surface area contributed by atoms with E-state index in [4.69, 9.17) is 0 Å². The van der Waals surface area contributed by atoms with Crippen molar-refractivity contribution in [2.75, 3.05) is 0 Å². The molecule has 0 N–H and O–H groups in total. The van der Waals surface area contributed by atoms with E-state index in [0.717, 1.165) is 33.1 Å². The highest BCUT2D eigenvalue weighted by molar-refractivity contribution is 7.19. The number of hydrogen-bond acceptors (Lipinski definition) is 2. The first-order valence-electron chi connectivity index (χ1n) is 15.7. The van der Waals surface area contributed by atoms with Crippen molar-refractivity contribution in [3.05, 3.63) is 192 Å². The Morgan fingerprint density at radius 2 is 1.00 bits per heavy atom. The smallest absolute Gasteiger partial charge is 0.277 e. The topological polar surface area (TPSA) is 48.1 Å². The number of rotatable bonds is 7. The van der Waals surface area contributed by atoms with Gasteiger partial charge in [0.05, 0.1) is 21.5 Å². The fourth-order valence-electron chi connectivity index (χ4n) is 7.24. The van der Waals surface area contributed by atoms with Crippen LogP contribution in [0.4, 0.5) is 5.69 Å². The Labute approximate surface area is 274 Å². The molecule has 4 nitrogen and oxygen atoms in total. The largest absolute Gasteiger partial charge is 0.309 e. The predicted octanol–water partition coefficient (Wildman–Crippen LogP) is 7.74. The van der Waals surface area contributed by atoms with Crippen LogP contribution in [-0.4, -0.2) is 17.6 Å². The molecule has 0 aliphatic rings. The zero-order chi connectivity index (χ0) is 31.8. The van der Waals surface area contributed by atoms with Gasteiger partial charge in [0.1, 0.15) is 0 Å². The number of nitrogens with zero attached hydrogens (tertiary/aromatic N) is 2. The van der Waals surface area contributed by atoms with E-state index in [1.807, 2.05) is 18.2 Å². The molecule has 1 heterocycles. The standard InChI is InChI=1S/C42H30N2O2Si/c45-44(46)42-26-13-10-23-37(42)31-27-28-41-39(29-31)38-24-11-12-25-40(38)43(41)32-15-14-22-36(30-32)47(33-16-4-1-5-17-33,34-18-6-2-7-19-34)35-20-8-3-9-21-35/h1-30H. The van der Waals surface area contributed by atoms with Gasteiger partial charge in [0.15, 0.2) is 8.07 Å². The zero-order valence-corrected chi connectivity index (χ0v) is 26.5. The van der Waals surface area contributed by atoms with Gasteiger partial charge in [-0.15, -0.1) is 0 Å². The van der Waals surface area contributed by atoms with Crippen molar-refractivity contribution in [1.29, 1.82) is 0 Å². The summed E-state index contributed by atoms with van der Waals surface area (Å²) in [7, 11) is -2.73. The lowest BCUT2D eigenvalue weighted by molar-refractivity contribution is -0.384. The van der Waals surface area contributed by atoms with Gasteiger partial charge >= 0.3 is 0 Å². The Kier molecular flexibility index (Phi) is 7.08. The molecule has 0 spiro atoms. The third-order valence-electron chi connectivity index (χ3n) is 9.24. The van der Waals surface area contributed by atoms with Gasteiger partial charge in [-0.25, -0.2) is 0 Å². The van der Waals surface area contributed by atoms with Crippen LogP contribution in [0.2, 0.25) is 0 Å². The van der Waals surface area contributed by atoms with Crippen molar-refractivity contribution in [2.45, 2.75) is 0 Å². The Morgan fingerprint density at radius 1 is 0.468 bits per heavy atom. The molecule has 0 aliphatic carbocycles. The van der Waals surface area contributed by atoms with Crippen LogP contribution in [0.25, 0.3) is 38.6 Å². The van der Waals surface area contributed by atoms with E-state index < -0.39 is 8.07 Å². The molecule has 0 bridgehead atoms. The molecule has 0 saturated carbocycles. The molecule has 0 amide bonds. The molecular weight excluding hydrogens is 593 g/mol. The quantitative estimate of drug-likeness (QED) is 0.0791. The van der Waals surface area contributed by atoms with Crippen molar-refractivity contribution < 1.29 is 4.92 Å². The number of fused-ring (bicyclic) bond motifs is 3. The van der Waals surface area contributed by atoms with Gasteiger partial charge in [-0.05, 0) is 62.7 Å².